The smallest absolute Gasteiger partial charge is 0.114 e. The molecule has 4 unspecified atom stereocenters. The lowest BCUT2D eigenvalue weighted by atomic mass is 9.61. The Bertz CT molecular complexity index is 305. The summed E-state index contributed by atoms with van der Waals surface area (Å²) in [4.78, 5) is 0. The fraction of sp³-hybridized carbons (Fsp3) is 0.917. The Morgan fingerprint density at radius 1 is 1.53 bits per heavy atom. The Hall–Kier alpha value is -0.590. The Kier molecular flexibility index (Phi) is 2.33. The highest BCUT2D eigenvalue weighted by molar-refractivity contribution is 5.20. The first-order valence-corrected chi connectivity index (χ1v) is 5.73. The minimum atomic E-state index is -0.957. The van der Waals surface area contributed by atoms with Crippen LogP contribution in [0.2, 0.25) is 0 Å². The van der Waals surface area contributed by atoms with E-state index in [1.807, 2.05) is 13.8 Å². The van der Waals surface area contributed by atoms with Crippen molar-refractivity contribution >= 4 is 0 Å². The minimum absolute atomic E-state index is 0.0649. The van der Waals surface area contributed by atoms with Crippen LogP contribution in [-0.4, -0.2) is 22.9 Å². The van der Waals surface area contributed by atoms with Gasteiger partial charge in [0, 0.05) is 0 Å². The summed E-state index contributed by atoms with van der Waals surface area (Å²) in [5.41, 5.74) is -1.65. The molecule has 3 heteroatoms. The zero-order valence-corrected chi connectivity index (χ0v) is 9.66. The van der Waals surface area contributed by atoms with E-state index in [-0.39, 0.29) is 18.1 Å². The fourth-order valence-electron chi connectivity index (χ4n) is 2.99. The average molecular weight is 209 g/mol. The van der Waals surface area contributed by atoms with Crippen LogP contribution in [0.4, 0.5) is 0 Å². The summed E-state index contributed by atoms with van der Waals surface area (Å²) in [5, 5.41) is 20.0. The van der Waals surface area contributed by atoms with Gasteiger partial charge in [0.05, 0.1) is 23.9 Å². The van der Waals surface area contributed by atoms with E-state index in [1.54, 1.807) is 6.92 Å². The zero-order chi connectivity index (χ0) is 11.3. The maximum absolute atomic E-state index is 10.6. The third-order valence-electron chi connectivity index (χ3n) is 4.43. The largest absolute Gasteiger partial charge is 0.388 e. The van der Waals surface area contributed by atoms with Crippen LogP contribution in [0, 0.1) is 22.7 Å². The van der Waals surface area contributed by atoms with E-state index in [0.29, 0.717) is 6.42 Å². The number of hydrogen-bond acceptors (Lipinski definition) is 3. The number of ether oxygens (including phenoxy) is 1. The van der Waals surface area contributed by atoms with Gasteiger partial charge in [0.15, 0.2) is 0 Å². The van der Waals surface area contributed by atoms with E-state index in [4.69, 9.17) is 4.74 Å². The van der Waals surface area contributed by atoms with Crippen LogP contribution < -0.4 is 0 Å². The van der Waals surface area contributed by atoms with Crippen molar-refractivity contribution in [3.8, 4) is 6.07 Å². The molecule has 0 spiro atoms. The third-order valence-corrected chi connectivity index (χ3v) is 4.43. The highest BCUT2D eigenvalue weighted by Crippen LogP contribution is 2.55. The lowest BCUT2D eigenvalue weighted by Gasteiger charge is -2.44. The molecule has 2 fully saturated rings. The Morgan fingerprint density at radius 2 is 2.20 bits per heavy atom. The number of nitriles is 1. The van der Waals surface area contributed by atoms with Crippen LogP contribution in [0.3, 0.4) is 0 Å². The number of nitrogens with zero attached hydrogens (tertiary/aromatic N) is 1. The van der Waals surface area contributed by atoms with Crippen LogP contribution >= 0.6 is 0 Å². The molecular formula is C12H19NO2. The molecule has 0 aromatic rings. The second-order valence-corrected chi connectivity index (χ2v) is 5.41. The molecule has 1 N–H and O–H groups in total. The molecule has 3 nitrogen and oxygen atoms in total. The molecule has 0 amide bonds. The second-order valence-electron chi connectivity index (χ2n) is 5.41. The molecule has 0 saturated carbocycles. The molecular weight excluding hydrogens is 190 g/mol. The number of hydrogen-bond donors (Lipinski definition) is 1. The second kappa shape index (κ2) is 3.20. The summed E-state index contributed by atoms with van der Waals surface area (Å²) in [7, 11) is 0. The van der Waals surface area contributed by atoms with E-state index >= 15 is 0 Å². The van der Waals surface area contributed by atoms with Crippen molar-refractivity contribution in [1.29, 1.82) is 5.26 Å². The molecule has 2 saturated heterocycles. The molecule has 2 rings (SSSR count). The molecule has 2 heterocycles. The Balaban J connectivity index is 2.36. The summed E-state index contributed by atoms with van der Waals surface area (Å²) < 4.78 is 5.73. The van der Waals surface area contributed by atoms with Gasteiger partial charge in [0.25, 0.3) is 0 Å². The predicted molar refractivity (Wildman–Crippen MR) is 56.0 cm³/mol. The highest BCUT2D eigenvalue weighted by Gasteiger charge is 2.62. The molecule has 84 valence electrons. The van der Waals surface area contributed by atoms with E-state index in [9.17, 15) is 10.4 Å². The first-order valence-electron chi connectivity index (χ1n) is 5.73. The summed E-state index contributed by atoms with van der Waals surface area (Å²) in [6.45, 7) is 5.71. The quantitative estimate of drug-likeness (QED) is 0.755. The molecule has 0 aromatic heterocycles. The molecule has 15 heavy (non-hydrogen) atoms. The summed E-state index contributed by atoms with van der Waals surface area (Å²) >= 11 is 0. The van der Waals surface area contributed by atoms with Gasteiger partial charge in [0.1, 0.15) is 5.41 Å². The fourth-order valence-corrected chi connectivity index (χ4v) is 2.99. The Morgan fingerprint density at radius 3 is 2.53 bits per heavy atom. The summed E-state index contributed by atoms with van der Waals surface area (Å²) in [6.07, 6.45) is 2.78. The van der Waals surface area contributed by atoms with Gasteiger partial charge in [0.2, 0.25) is 0 Å². The standard InChI is InChI=1S/C12H19NO2/c1-8(2)11(3,14)12(7-13)6-9-4-5-10(12)15-9/h8-10,14H,4-6H2,1-3H3. The minimum Gasteiger partial charge on any atom is -0.388 e. The van der Waals surface area contributed by atoms with Gasteiger partial charge in [-0.3, -0.25) is 0 Å². The molecule has 0 aromatic carbocycles. The van der Waals surface area contributed by atoms with Crippen molar-refractivity contribution in [3.63, 3.8) is 0 Å². The highest BCUT2D eigenvalue weighted by atomic mass is 16.5. The topological polar surface area (TPSA) is 53.2 Å². The van der Waals surface area contributed by atoms with Crippen molar-refractivity contribution in [2.45, 2.75) is 57.8 Å². The lowest BCUT2D eigenvalue weighted by Crippen LogP contribution is -2.54. The van der Waals surface area contributed by atoms with Gasteiger partial charge in [-0.2, -0.15) is 5.26 Å². The molecule has 0 aliphatic carbocycles. The van der Waals surface area contributed by atoms with E-state index < -0.39 is 11.0 Å². The van der Waals surface area contributed by atoms with Gasteiger partial charge in [-0.25, -0.2) is 0 Å². The van der Waals surface area contributed by atoms with E-state index in [0.717, 1.165) is 12.8 Å². The Labute approximate surface area is 91.0 Å². The average Bonchev–Trinajstić information content (AvgIpc) is 2.76. The van der Waals surface area contributed by atoms with Crippen molar-refractivity contribution in [2.75, 3.05) is 0 Å². The monoisotopic (exact) mass is 209 g/mol. The number of fused-ring (bicyclic) bond motifs is 2. The first-order chi connectivity index (χ1) is 6.94. The lowest BCUT2D eigenvalue weighted by molar-refractivity contribution is -0.102. The third kappa shape index (κ3) is 1.25. The SMILES string of the molecule is CC(C)C(C)(O)C1(C#N)CC2CCC1O2. The zero-order valence-electron chi connectivity index (χ0n) is 9.66. The van der Waals surface area contributed by atoms with E-state index in [2.05, 4.69) is 6.07 Å². The van der Waals surface area contributed by atoms with Gasteiger partial charge >= 0.3 is 0 Å². The molecule has 2 aliphatic heterocycles. The normalized spacial score (nSPS) is 42.9. The molecule has 4 atom stereocenters. The van der Waals surface area contributed by atoms with E-state index in [1.165, 1.54) is 0 Å². The van der Waals surface area contributed by atoms with Crippen LogP contribution in [-0.2, 0) is 4.74 Å². The van der Waals surface area contributed by atoms with Crippen LogP contribution in [0.25, 0.3) is 0 Å². The van der Waals surface area contributed by atoms with Gasteiger partial charge in [-0.1, -0.05) is 13.8 Å². The van der Waals surface area contributed by atoms with Gasteiger partial charge in [-0.05, 0) is 32.1 Å². The first kappa shape index (κ1) is 10.9. The van der Waals surface area contributed by atoms with Crippen molar-refractivity contribution in [1.82, 2.24) is 0 Å². The maximum Gasteiger partial charge on any atom is 0.114 e. The number of aliphatic hydroxyl groups is 1. The molecule has 2 aliphatic rings. The summed E-state index contributed by atoms with van der Waals surface area (Å²) in [6, 6.07) is 2.36. The van der Waals surface area contributed by atoms with Crippen molar-refractivity contribution in [3.05, 3.63) is 0 Å². The number of rotatable bonds is 2. The predicted octanol–water partition coefficient (Wildman–Crippen LogP) is 1.85. The molecule has 0 radical (unpaired) electrons. The van der Waals surface area contributed by atoms with Gasteiger partial charge in [-0.15, -0.1) is 0 Å². The molecule has 2 bridgehead atoms. The van der Waals surface area contributed by atoms with Gasteiger partial charge < -0.3 is 9.84 Å². The van der Waals surface area contributed by atoms with Crippen molar-refractivity contribution < 1.29 is 9.84 Å². The van der Waals surface area contributed by atoms with Crippen LogP contribution in [0.15, 0.2) is 0 Å². The summed E-state index contributed by atoms with van der Waals surface area (Å²) in [5.74, 6) is 0.0695. The maximum atomic E-state index is 10.6. The van der Waals surface area contributed by atoms with Crippen LogP contribution in [0.1, 0.15) is 40.0 Å². The van der Waals surface area contributed by atoms with Crippen LogP contribution in [0.5, 0.6) is 0 Å². The van der Waals surface area contributed by atoms with Crippen molar-refractivity contribution in [2.24, 2.45) is 11.3 Å².